The van der Waals surface area contributed by atoms with Crippen molar-refractivity contribution >= 4 is 23.2 Å². The van der Waals surface area contributed by atoms with Gasteiger partial charge in [0.15, 0.2) is 0 Å². The Labute approximate surface area is 112 Å². The number of hydrogen-bond donors (Lipinski definition) is 0. The van der Waals surface area contributed by atoms with E-state index in [1.807, 2.05) is 6.07 Å². The monoisotopic (exact) mass is 273 g/mol. The van der Waals surface area contributed by atoms with Gasteiger partial charge < -0.3 is 4.74 Å². The topological polar surface area (TPSA) is 22.1 Å². The molecule has 2 nitrogen and oxygen atoms in total. The minimum atomic E-state index is 0.390. The number of rotatable bonds is 4. The Hall–Kier alpha value is -0.470. The molecule has 0 saturated heterocycles. The smallest absolute Gasteiger partial charge is 0.213 e. The van der Waals surface area contributed by atoms with Crippen LogP contribution >= 0.6 is 23.2 Å². The van der Waals surface area contributed by atoms with Crippen LogP contribution in [0, 0.1) is 5.92 Å². The standard InChI is InChI=1S/C13H17Cl2NO/c14-7-11-6-13(16-8-12(11)15)17-9-10-4-2-1-3-5-10/h6,8,10H,1-5,7,9H2. The Bertz CT molecular complexity index is 364. The molecule has 0 amide bonds. The fourth-order valence-corrected chi connectivity index (χ4v) is 2.66. The number of aromatic nitrogens is 1. The molecule has 2 rings (SSSR count). The molecule has 1 fully saturated rings. The van der Waals surface area contributed by atoms with Gasteiger partial charge in [0, 0.05) is 18.1 Å². The zero-order chi connectivity index (χ0) is 12.1. The largest absolute Gasteiger partial charge is 0.477 e. The fourth-order valence-electron chi connectivity index (χ4n) is 2.20. The number of nitrogens with zero attached hydrogens (tertiary/aromatic N) is 1. The van der Waals surface area contributed by atoms with Crippen LogP contribution in [0.25, 0.3) is 0 Å². The Balaban J connectivity index is 1.89. The van der Waals surface area contributed by atoms with E-state index in [0.717, 1.165) is 12.2 Å². The summed E-state index contributed by atoms with van der Waals surface area (Å²) in [4.78, 5) is 4.16. The first kappa shape index (κ1) is 13.0. The first-order chi connectivity index (χ1) is 8.29. The van der Waals surface area contributed by atoms with Crippen molar-refractivity contribution in [3.8, 4) is 5.88 Å². The number of alkyl halides is 1. The summed E-state index contributed by atoms with van der Waals surface area (Å²) in [5.74, 6) is 1.71. The van der Waals surface area contributed by atoms with Crippen LogP contribution in [0.15, 0.2) is 12.3 Å². The summed E-state index contributed by atoms with van der Waals surface area (Å²) < 4.78 is 5.71. The van der Waals surface area contributed by atoms with Crippen molar-refractivity contribution < 1.29 is 4.74 Å². The van der Waals surface area contributed by atoms with Crippen molar-refractivity contribution in [2.75, 3.05) is 6.61 Å². The van der Waals surface area contributed by atoms with E-state index < -0.39 is 0 Å². The molecule has 1 aliphatic carbocycles. The van der Waals surface area contributed by atoms with E-state index in [-0.39, 0.29) is 0 Å². The molecule has 0 aromatic carbocycles. The van der Waals surface area contributed by atoms with Gasteiger partial charge in [-0.1, -0.05) is 30.9 Å². The predicted octanol–water partition coefficient (Wildman–Crippen LogP) is 4.43. The zero-order valence-electron chi connectivity index (χ0n) is 9.79. The molecule has 17 heavy (non-hydrogen) atoms. The van der Waals surface area contributed by atoms with Gasteiger partial charge in [-0.25, -0.2) is 4.98 Å². The van der Waals surface area contributed by atoms with Gasteiger partial charge in [-0.2, -0.15) is 0 Å². The van der Waals surface area contributed by atoms with E-state index in [2.05, 4.69) is 4.98 Å². The van der Waals surface area contributed by atoms with Gasteiger partial charge >= 0.3 is 0 Å². The van der Waals surface area contributed by atoms with Crippen LogP contribution in [0.4, 0.5) is 0 Å². The van der Waals surface area contributed by atoms with Crippen LogP contribution in [0.1, 0.15) is 37.7 Å². The van der Waals surface area contributed by atoms with E-state index in [0.29, 0.717) is 22.7 Å². The summed E-state index contributed by atoms with van der Waals surface area (Å²) in [5, 5.41) is 0.602. The van der Waals surface area contributed by atoms with Gasteiger partial charge in [0.05, 0.1) is 11.6 Å². The second kappa shape index (κ2) is 6.46. The highest BCUT2D eigenvalue weighted by Crippen LogP contribution is 2.25. The van der Waals surface area contributed by atoms with Crippen LogP contribution in [-0.2, 0) is 5.88 Å². The highest BCUT2D eigenvalue weighted by Gasteiger charge is 2.14. The Morgan fingerprint density at radius 3 is 2.76 bits per heavy atom. The maximum absolute atomic E-state index is 5.94. The summed E-state index contributed by atoms with van der Waals surface area (Å²) >= 11 is 11.7. The van der Waals surface area contributed by atoms with E-state index >= 15 is 0 Å². The molecule has 1 aromatic rings. The Morgan fingerprint density at radius 2 is 2.06 bits per heavy atom. The molecule has 1 saturated carbocycles. The fraction of sp³-hybridized carbons (Fsp3) is 0.615. The average molecular weight is 274 g/mol. The summed E-state index contributed by atoms with van der Waals surface area (Å²) in [6.45, 7) is 0.760. The highest BCUT2D eigenvalue weighted by molar-refractivity contribution is 6.32. The van der Waals surface area contributed by atoms with Crippen LogP contribution < -0.4 is 4.74 Å². The third-order valence-electron chi connectivity index (χ3n) is 3.25. The molecular weight excluding hydrogens is 257 g/mol. The van der Waals surface area contributed by atoms with E-state index in [1.165, 1.54) is 32.1 Å². The molecule has 0 N–H and O–H groups in total. The Kier molecular flexibility index (Phi) is 4.93. The second-order valence-corrected chi connectivity index (χ2v) is 5.24. The molecule has 1 aliphatic rings. The minimum Gasteiger partial charge on any atom is -0.477 e. The van der Waals surface area contributed by atoms with Crippen LogP contribution in [-0.4, -0.2) is 11.6 Å². The summed E-state index contributed by atoms with van der Waals surface area (Å²) in [6, 6.07) is 1.83. The normalized spacial score (nSPS) is 17.1. The van der Waals surface area contributed by atoms with Crippen molar-refractivity contribution in [3.05, 3.63) is 22.8 Å². The number of hydrogen-bond acceptors (Lipinski definition) is 2. The lowest BCUT2D eigenvalue weighted by molar-refractivity contribution is 0.203. The lowest BCUT2D eigenvalue weighted by Gasteiger charge is -2.21. The molecule has 1 aromatic heterocycles. The molecule has 0 aliphatic heterocycles. The number of halogens is 2. The van der Waals surface area contributed by atoms with E-state index in [1.54, 1.807) is 6.20 Å². The number of pyridine rings is 1. The molecule has 0 radical (unpaired) electrons. The molecule has 0 spiro atoms. The first-order valence-corrected chi connectivity index (χ1v) is 7.04. The van der Waals surface area contributed by atoms with E-state index in [4.69, 9.17) is 27.9 Å². The highest BCUT2D eigenvalue weighted by atomic mass is 35.5. The average Bonchev–Trinajstić information content (AvgIpc) is 2.39. The molecule has 0 bridgehead atoms. The Morgan fingerprint density at radius 1 is 1.29 bits per heavy atom. The summed E-state index contributed by atoms with van der Waals surface area (Å²) in [6.07, 6.45) is 8.18. The van der Waals surface area contributed by atoms with Gasteiger partial charge in [0.1, 0.15) is 0 Å². The maximum atomic E-state index is 5.94. The van der Waals surface area contributed by atoms with E-state index in [9.17, 15) is 0 Å². The second-order valence-electron chi connectivity index (χ2n) is 4.56. The lowest BCUT2D eigenvalue weighted by Crippen LogP contribution is -2.15. The molecule has 94 valence electrons. The van der Waals surface area contributed by atoms with Crippen molar-refractivity contribution in [2.24, 2.45) is 5.92 Å². The van der Waals surface area contributed by atoms with Crippen molar-refractivity contribution in [3.63, 3.8) is 0 Å². The lowest BCUT2D eigenvalue weighted by atomic mass is 9.90. The summed E-state index contributed by atoms with van der Waals surface area (Å²) in [5.41, 5.74) is 0.877. The van der Waals surface area contributed by atoms with Crippen LogP contribution in [0.5, 0.6) is 5.88 Å². The first-order valence-electron chi connectivity index (χ1n) is 6.13. The molecule has 4 heteroatoms. The minimum absolute atomic E-state index is 0.390. The number of ether oxygens (including phenoxy) is 1. The molecular formula is C13H17Cl2NO. The van der Waals surface area contributed by atoms with Gasteiger partial charge in [-0.05, 0) is 24.3 Å². The molecule has 0 atom stereocenters. The van der Waals surface area contributed by atoms with Crippen LogP contribution in [0.3, 0.4) is 0 Å². The third kappa shape index (κ3) is 3.75. The van der Waals surface area contributed by atoms with Gasteiger partial charge in [-0.3, -0.25) is 0 Å². The summed E-state index contributed by atoms with van der Waals surface area (Å²) in [7, 11) is 0. The van der Waals surface area contributed by atoms with Gasteiger partial charge in [0.25, 0.3) is 0 Å². The van der Waals surface area contributed by atoms with Crippen molar-refractivity contribution in [1.29, 1.82) is 0 Å². The van der Waals surface area contributed by atoms with Crippen molar-refractivity contribution in [1.82, 2.24) is 4.98 Å². The van der Waals surface area contributed by atoms with Crippen LogP contribution in [0.2, 0.25) is 5.02 Å². The third-order valence-corrected chi connectivity index (χ3v) is 3.87. The van der Waals surface area contributed by atoms with Crippen molar-refractivity contribution in [2.45, 2.75) is 38.0 Å². The van der Waals surface area contributed by atoms with Gasteiger partial charge in [-0.15, -0.1) is 11.6 Å². The SMILES string of the molecule is ClCc1cc(OCC2CCCCC2)ncc1Cl. The molecule has 1 heterocycles. The molecule has 0 unspecified atom stereocenters. The zero-order valence-corrected chi connectivity index (χ0v) is 11.3. The predicted molar refractivity (Wildman–Crippen MR) is 70.9 cm³/mol. The van der Waals surface area contributed by atoms with Gasteiger partial charge in [0.2, 0.25) is 5.88 Å². The quantitative estimate of drug-likeness (QED) is 0.757. The maximum Gasteiger partial charge on any atom is 0.213 e.